The zero-order valence-electron chi connectivity index (χ0n) is 14.1. The highest BCUT2D eigenvalue weighted by Gasteiger charge is 2.05. The second-order valence-electron chi connectivity index (χ2n) is 5.52. The van der Waals surface area contributed by atoms with E-state index in [9.17, 15) is 4.39 Å². The lowest BCUT2D eigenvalue weighted by Gasteiger charge is -2.11. The topological polar surface area (TPSA) is 59.1 Å². The van der Waals surface area contributed by atoms with Gasteiger partial charge in [0, 0.05) is 29.6 Å². The predicted molar refractivity (Wildman–Crippen MR) is 96.8 cm³/mol. The molecule has 0 aliphatic rings. The predicted octanol–water partition coefficient (Wildman–Crippen LogP) is 4.29. The van der Waals surface area contributed by atoms with Gasteiger partial charge < -0.3 is 15.4 Å². The fraction of sp³-hybridized carbons (Fsp3) is 0.158. The van der Waals surface area contributed by atoms with E-state index >= 15 is 0 Å². The third kappa shape index (κ3) is 4.44. The van der Waals surface area contributed by atoms with Crippen molar-refractivity contribution in [3.05, 3.63) is 71.7 Å². The van der Waals surface area contributed by atoms with Gasteiger partial charge in [-0.05, 0) is 37.3 Å². The largest absolute Gasteiger partial charge is 0.497 e. The molecule has 0 radical (unpaired) electrons. The zero-order valence-corrected chi connectivity index (χ0v) is 14.1. The maximum absolute atomic E-state index is 13.7. The maximum atomic E-state index is 13.7. The number of hydrogen-bond acceptors (Lipinski definition) is 5. The molecule has 6 heteroatoms. The van der Waals surface area contributed by atoms with Gasteiger partial charge in [-0.15, -0.1) is 0 Å². The van der Waals surface area contributed by atoms with Gasteiger partial charge in [-0.1, -0.05) is 18.2 Å². The first kappa shape index (κ1) is 16.7. The van der Waals surface area contributed by atoms with Crippen molar-refractivity contribution in [1.82, 2.24) is 9.97 Å². The van der Waals surface area contributed by atoms with Gasteiger partial charge in [0.15, 0.2) is 0 Å². The number of anilines is 3. The van der Waals surface area contributed by atoms with Gasteiger partial charge in [0.2, 0.25) is 5.95 Å². The van der Waals surface area contributed by atoms with Crippen molar-refractivity contribution in [2.75, 3.05) is 17.7 Å². The summed E-state index contributed by atoms with van der Waals surface area (Å²) in [5.74, 6) is 1.64. The Kier molecular flexibility index (Phi) is 5.09. The number of benzene rings is 2. The third-order valence-corrected chi connectivity index (χ3v) is 3.61. The van der Waals surface area contributed by atoms with E-state index in [4.69, 9.17) is 4.74 Å². The van der Waals surface area contributed by atoms with E-state index in [0.29, 0.717) is 23.9 Å². The maximum Gasteiger partial charge on any atom is 0.225 e. The number of hydrogen-bond donors (Lipinski definition) is 2. The number of nitrogens with one attached hydrogen (secondary N) is 2. The lowest BCUT2D eigenvalue weighted by Crippen LogP contribution is -2.07. The third-order valence-electron chi connectivity index (χ3n) is 3.61. The zero-order chi connectivity index (χ0) is 17.6. The van der Waals surface area contributed by atoms with Crippen LogP contribution in [0.4, 0.5) is 21.8 Å². The summed E-state index contributed by atoms with van der Waals surface area (Å²) >= 11 is 0. The minimum absolute atomic E-state index is 0.251. The van der Waals surface area contributed by atoms with Crippen molar-refractivity contribution in [2.45, 2.75) is 13.5 Å². The van der Waals surface area contributed by atoms with Gasteiger partial charge in [-0.25, -0.2) is 9.37 Å². The van der Waals surface area contributed by atoms with Gasteiger partial charge in [-0.3, -0.25) is 0 Å². The van der Waals surface area contributed by atoms with E-state index in [2.05, 4.69) is 20.6 Å². The molecule has 25 heavy (non-hydrogen) atoms. The molecule has 0 saturated carbocycles. The van der Waals surface area contributed by atoms with Gasteiger partial charge in [-0.2, -0.15) is 4.98 Å². The minimum atomic E-state index is -0.251. The molecule has 0 aliphatic carbocycles. The average Bonchev–Trinajstić information content (AvgIpc) is 2.61. The molecule has 128 valence electrons. The van der Waals surface area contributed by atoms with Crippen LogP contribution in [0.2, 0.25) is 0 Å². The second kappa shape index (κ2) is 7.61. The van der Waals surface area contributed by atoms with Crippen molar-refractivity contribution < 1.29 is 9.13 Å². The number of methoxy groups -OCH3 is 1. The van der Waals surface area contributed by atoms with Crippen LogP contribution in [0.25, 0.3) is 0 Å². The average molecular weight is 338 g/mol. The molecule has 0 fully saturated rings. The van der Waals surface area contributed by atoms with Crippen molar-refractivity contribution in [1.29, 1.82) is 0 Å². The summed E-state index contributed by atoms with van der Waals surface area (Å²) in [7, 11) is 1.63. The highest BCUT2D eigenvalue weighted by atomic mass is 19.1. The van der Waals surface area contributed by atoms with E-state index < -0.39 is 0 Å². The van der Waals surface area contributed by atoms with Crippen LogP contribution in [0.3, 0.4) is 0 Å². The molecule has 2 aromatic carbocycles. The number of rotatable bonds is 6. The summed E-state index contributed by atoms with van der Waals surface area (Å²) in [6.07, 6.45) is 0. The fourth-order valence-electron chi connectivity index (χ4n) is 2.35. The molecule has 0 saturated heterocycles. The van der Waals surface area contributed by atoms with Crippen LogP contribution in [0.5, 0.6) is 5.75 Å². The number of ether oxygens (including phenoxy) is 1. The first-order chi connectivity index (χ1) is 12.1. The van der Waals surface area contributed by atoms with Gasteiger partial charge in [0.05, 0.1) is 7.11 Å². The lowest BCUT2D eigenvalue weighted by atomic mass is 10.2. The van der Waals surface area contributed by atoms with Crippen molar-refractivity contribution >= 4 is 17.5 Å². The first-order valence-electron chi connectivity index (χ1n) is 7.88. The Bertz CT molecular complexity index is 852. The van der Waals surface area contributed by atoms with Crippen molar-refractivity contribution in [3.63, 3.8) is 0 Å². The standard InChI is InChI=1S/C19H19FN4O/c1-13-11-18(23-15-7-9-16(25-2)10-8-15)24-19(22-13)21-12-14-5-3-4-6-17(14)20/h3-11H,12H2,1-2H3,(H2,21,22,23,24). The Balaban J connectivity index is 1.72. The molecule has 0 bridgehead atoms. The van der Waals surface area contributed by atoms with Crippen LogP contribution >= 0.6 is 0 Å². The quantitative estimate of drug-likeness (QED) is 0.702. The lowest BCUT2D eigenvalue weighted by molar-refractivity contribution is 0.415. The summed E-state index contributed by atoms with van der Waals surface area (Å²) in [6.45, 7) is 2.20. The number of nitrogens with zero attached hydrogens (tertiary/aromatic N) is 2. The summed E-state index contributed by atoms with van der Waals surface area (Å²) in [5.41, 5.74) is 2.26. The van der Waals surface area contributed by atoms with Crippen molar-refractivity contribution in [2.24, 2.45) is 0 Å². The molecule has 3 aromatic rings. The molecule has 0 spiro atoms. The van der Waals surface area contributed by atoms with E-state index in [1.807, 2.05) is 37.3 Å². The minimum Gasteiger partial charge on any atom is -0.497 e. The van der Waals surface area contributed by atoms with Gasteiger partial charge in [0.25, 0.3) is 0 Å². The Morgan fingerprint density at radius 1 is 1.04 bits per heavy atom. The monoisotopic (exact) mass is 338 g/mol. The van der Waals surface area contributed by atoms with E-state index in [1.54, 1.807) is 25.3 Å². The van der Waals surface area contributed by atoms with Crippen LogP contribution in [-0.2, 0) is 6.54 Å². The van der Waals surface area contributed by atoms with Crippen LogP contribution in [0, 0.1) is 12.7 Å². The summed E-state index contributed by atoms with van der Waals surface area (Å²) in [4.78, 5) is 8.77. The van der Waals surface area contributed by atoms with E-state index in [1.165, 1.54) is 6.07 Å². The van der Waals surface area contributed by atoms with Crippen LogP contribution in [0.1, 0.15) is 11.3 Å². The first-order valence-corrected chi connectivity index (χ1v) is 7.88. The smallest absolute Gasteiger partial charge is 0.225 e. The fourth-order valence-corrected chi connectivity index (χ4v) is 2.35. The Hall–Kier alpha value is -3.15. The molecular weight excluding hydrogens is 319 g/mol. The molecule has 1 heterocycles. The SMILES string of the molecule is COc1ccc(Nc2cc(C)nc(NCc3ccccc3F)n2)cc1. The Morgan fingerprint density at radius 2 is 1.80 bits per heavy atom. The van der Waals surface area contributed by atoms with Crippen LogP contribution < -0.4 is 15.4 Å². The van der Waals surface area contributed by atoms with Crippen molar-refractivity contribution in [3.8, 4) is 5.75 Å². The van der Waals surface area contributed by atoms with Crippen LogP contribution in [0.15, 0.2) is 54.6 Å². The summed E-state index contributed by atoms with van der Waals surface area (Å²) in [6, 6.07) is 16.0. The molecular formula is C19H19FN4O. The molecule has 0 aliphatic heterocycles. The highest BCUT2D eigenvalue weighted by Crippen LogP contribution is 2.20. The highest BCUT2D eigenvalue weighted by molar-refractivity contribution is 5.58. The molecule has 3 rings (SSSR count). The molecule has 0 atom stereocenters. The normalized spacial score (nSPS) is 10.4. The molecule has 0 unspecified atom stereocenters. The van der Waals surface area contributed by atoms with Crippen LogP contribution in [-0.4, -0.2) is 17.1 Å². The Morgan fingerprint density at radius 3 is 2.52 bits per heavy atom. The molecule has 5 nitrogen and oxygen atoms in total. The Labute approximate surface area is 145 Å². The molecule has 0 amide bonds. The van der Waals surface area contributed by atoms with Gasteiger partial charge >= 0.3 is 0 Å². The number of halogens is 1. The molecule has 1 aromatic heterocycles. The number of aryl methyl sites for hydroxylation is 1. The number of aromatic nitrogens is 2. The second-order valence-corrected chi connectivity index (χ2v) is 5.52. The van der Waals surface area contributed by atoms with Gasteiger partial charge in [0.1, 0.15) is 17.4 Å². The summed E-state index contributed by atoms with van der Waals surface area (Å²) < 4.78 is 18.8. The van der Waals surface area contributed by atoms with E-state index in [-0.39, 0.29) is 5.82 Å². The summed E-state index contributed by atoms with van der Waals surface area (Å²) in [5, 5.41) is 6.29. The van der Waals surface area contributed by atoms with E-state index in [0.717, 1.165) is 17.1 Å². The molecule has 2 N–H and O–H groups in total.